The van der Waals surface area contributed by atoms with Gasteiger partial charge < -0.3 is 9.13 Å². The molecule has 0 fully saturated rings. The number of para-hydroxylation sites is 1. The molecule has 2 aliphatic rings. The molecular formula is C29H25N3. The molecule has 32 heavy (non-hydrogen) atoms. The Bertz CT molecular complexity index is 1650. The number of nitrogens with zero attached hydrogens (tertiary/aromatic N) is 3. The topological polar surface area (TPSA) is 22.8 Å². The van der Waals surface area contributed by atoms with Crippen LogP contribution >= 0.6 is 0 Å². The Labute approximate surface area is 187 Å². The molecule has 0 amide bonds. The molecule has 0 N–H and O–H groups in total. The van der Waals surface area contributed by atoms with Gasteiger partial charge in [-0.15, -0.1) is 0 Å². The van der Waals surface area contributed by atoms with Gasteiger partial charge in [0.25, 0.3) is 0 Å². The summed E-state index contributed by atoms with van der Waals surface area (Å²) in [5.41, 5.74) is 11.8. The smallest absolute Gasteiger partial charge is 0.0955 e. The number of aromatic nitrogens is 3. The number of allylic oxidation sites excluding steroid dienone is 4. The molecule has 3 heteroatoms. The van der Waals surface area contributed by atoms with Crippen molar-refractivity contribution >= 4 is 38.4 Å². The third-order valence-corrected chi connectivity index (χ3v) is 7.60. The van der Waals surface area contributed by atoms with Crippen molar-refractivity contribution in [2.75, 3.05) is 0 Å². The molecule has 5 aromatic rings. The summed E-state index contributed by atoms with van der Waals surface area (Å²) < 4.78 is 4.55. The zero-order valence-corrected chi connectivity index (χ0v) is 18.7. The summed E-state index contributed by atoms with van der Waals surface area (Å²) in [7, 11) is 2.05. The van der Waals surface area contributed by atoms with E-state index in [9.17, 15) is 0 Å². The van der Waals surface area contributed by atoms with Gasteiger partial charge in [0.05, 0.1) is 28.4 Å². The molecule has 0 radical (unpaired) electrons. The van der Waals surface area contributed by atoms with Gasteiger partial charge in [0, 0.05) is 28.9 Å². The molecular weight excluding hydrogens is 390 g/mol. The predicted molar refractivity (Wildman–Crippen MR) is 133 cm³/mol. The van der Waals surface area contributed by atoms with Gasteiger partial charge >= 0.3 is 0 Å². The van der Waals surface area contributed by atoms with Crippen LogP contribution in [0.25, 0.3) is 44.1 Å². The second-order valence-corrected chi connectivity index (χ2v) is 9.72. The minimum atomic E-state index is -0.0255. The first-order valence-corrected chi connectivity index (χ1v) is 11.4. The minimum absolute atomic E-state index is 0.0255. The second-order valence-electron chi connectivity index (χ2n) is 9.72. The molecule has 2 aromatic heterocycles. The SMILES string of the molecule is Cn1cnc2cc(-n3c4ccccc4c4ccc5c(c43)C(C)(C)C3=C5CCC=C3)ccc21. The number of benzene rings is 3. The Kier molecular flexibility index (Phi) is 3.38. The van der Waals surface area contributed by atoms with Crippen LogP contribution in [0, 0.1) is 0 Å². The van der Waals surface area contributed by atoms with E-state index < -0.39 is 0 Å². The lowest BCUT2D eigenvalue weighted by Crippen LogP contribution is -2.18. The molecule has 7 rings (SSSR count). The maximum atomic E-state index is 4.64. The normalized spacial score (nSPS) is 17.0. The van der Waals surface area contributed by atoms with E-state index in [1.54, 1.807) is 0 Å². The quantitative estimate of drug-likeness (QED) is 0.287. The highest BCUT2D eigenvalue weighted by Gasteiger charge is 2.39. The summed E-state index contributed by atoms with van der Waals surface area (Å²) >= 11 is 0. The molecule has 2 aliphatic carbocycles. The fourth-order valence-corrected chi connectivity index (χ4v) is 6.14. The fraction of sp³-hybridized carbons (Fsp3) is 0.207. The van der Waals surface area contributed by atoms with Crippen LogP contribution in [-0.2, 0) is 12.5 Å². The standard InChI is InChI=1S/C29H25N3/c1-29(2)23-10-6-4-8-19(23)21-13-14-22-20-9-5-7-11-25(20)32(28(22)27(21)29)18-12-15-26-24(16-18)30-17-31(26)3/h5-7,9-17H,4,8H2,1-3H3. The van der Waals surface area contributed by atoms with Crippen molar-refractivity contribution in [1.82, 2.24) is 14.1 Å². The number of fused-ring (bicyclic) bond motifs is 7. The van der Waals surface area contributed by atoms with Crippen LogP contribution in [0.4, 0.5) is 0 Å². The maximum Gasteiger partial charge on any atom is 0.0955 e. The van der Waals surface area contributed by atoms with Crippen LogP contribution in [0.2, 0.25) is 0 Å². The number of hydrogen-bond acceptors (Lipinski definition) is 1. The van der Waals surface area contributed by atoms with E-state index in [1.807, 2.05) is 6.33 Å². The summed E-state index contributed by atoms with van der Waals surface area (Å²) in [6.45, 7) is 4.79. The zero-order chi connectivity index (χ0) is 21.6. The van der Waals surface area contributed by atoms with E-state index in [4.69, 9.17) is 0 Å². The first kappa shape index (κ1) is 18.0. The van der Waals surface area contributed by atoms with Gasteiger partial charge in [-0.1, -0.05) is 56.3 Å². The lowest BCUT2D eigenvalue weighted by atomic mass is 9.79. The van der Waals surface area contributed by atoms with Crippen molar-refractivity contribution < 1.29 is 0 Å². The highest BCUT2D eigenvalue weighted by Crippen LogP contribution is 2.53. The Morgan fingerprint density at radius 3 is 2.72 bits per heavy atom. The van der Waals surface area contributed by atoms with Gasteiger partial charge in [0.15, 0.2) is 0 Å². The molecule has 3 nitrogen and oxygen atoms in total. The minimum Gasteiger partial charge on any atom is -0.334 e. The van der Waals surface area contributed by atoms with Crippen molar-refractivity contribution in [2.24, 2.45) is 7.05 Å². The van der Waals surface area contributed by atoms with Crippen molar-refractivity contribution in [3.05, 3.63) is 89.8 Å². The lowest BCUT2D eigenvalue weighted by Gasteiger charge is -2.25. The van der Waals surface area contributed by atoms with Gasteiger partial charge in [-0.2, -0.15) is 0 Å². The molecule has 0 saturated heterocycles. The summed E-state index contributed by atoms with van der Waals surface area (Å²) in [6.07, 6.45) is 8.87. The summed E-state index contributed by atoms with van der Waals surface area (Å²) in [6, 6.07) is 20.2. The first-order chi connectivity index (χ1) is 15.6. The molecule has 0 bridgehead atoms. The van der Waals surface area contributed by atoms with Gasteiger partial charge in [0.2, 0.25) is 0 Å². The first-order valence-electron chi connectivity index (χ1n) is 11.4. The van der Waals surface area contributed by atoms with E-state index in [0.29, 0.717) is 0 Å². The third kappa shape index (κ3) is 2.13. The Morgan fingerprint density at radius 2 is 1.81 bits per heavy atom. The molecule has 3 aromatic carbocycles. The number of hydrogen-bond donors (Lipinski definition) is 0. The molecule has 0 saturated carbocycles. The average molecular weight is 416 g/mol. The number of rotatable bonds is 1. The van der Waals surface area contributed by atoms with E-state index in [2.05, 4.69) is 102 Å². The highest BCUT2D eigenvalue weighted by atomic mass is 15.0. The Hall–Kier alpha value is -3.59. The number of aryl methyl sites for hydroxylation is 1. The average Bonchev–Trinajstić information content (AvgIpc) is 3.42. The highest BCUT2D eigenvalue weighted by molar-refractivity contribution is 6.12. The summed E-state index contributed by atoms with van der Waals surface area (Å²) in [5.74, 6) is 0. The van der Waals surface area contributed by atoms with Gasteiger partial charge in [-0.05, 0) is 59.4 Å². The molecule has 0 unspecified atom stereocenters. The zero-order valence-electron chi connectivity index (χ0n) is 18.7. The van der Waals surface area contributed by atoms with Gasteiger partial charge in [0.1, 0.15) is 0 Å². The predicted octanol–water partition coefficient (Wildman–Crippen LogP) is 7.07. The molecule has 0 atom stereocenters. The Balaban J connectivity index is 1.64. The van der Waals surface area contributed by atoms with Crippen molar-refractivity contribution in [3.8, 4) is 5.69 Å². The van der Waals surface area contributed by atoms with Crippen LogP contribution in [-0.4, -0.2) is 14.1 Å². The molecule has 2 heterocycles. The van der Waals surface area contributed by atoms with Crippen molar-refractivity contribution in [2.45, 2.75) is 32.1 Å². The van der Waals surface area contributed by atoms with Crippen LogP contribution in [0.15, 0.2) is 78.6 Å². The largest absolute Gasteiger partial charge is 0.334 e. The van der Waals surface area contributed by atoms with Crippen LogP contribution in [0.3, 0.4) is 0 Å². The lowest BCUT2D eigenvalue weighted by molar-refractivity contribution is 0.655. The van der Waals surface area contributed by atoms with Gasteiger partial charge in [-0.3, -0.25) is 0 Å². The van der Waals surface area contributed by atoms with Crippen LogP contribution in [0.1, 0.15) is 37.8 Å². The molecule has 0 aliphatic heterocycles. The van der Waals surface area contributed by atoms with Gasteiger partial charge in [-0.25, -0.2) is 4.98 Å². The summed E-state index contributed by atoms with van der Waals surface area (Å²) in [5, 5.41) is 2.64. The van der Waals surface area contributed by atoms with E-state index in [1.165, 1.54) is 49.8 Å². The Morgan fingerprint density at radius 1 is 0.938 bits per heavy atom. The monoisotopic (exact) mass is 415 g/mol. The van der Waals surface area contributed by atoms with Crippen molar-refractivity contribution in [3.63, 3.8) is 0 Å². The second kappa shape index (κ2) is 6.01. The summed E-state index contributed by atoms with van der Waals surface area (Å²) in [4.78, 5) is 4.64. The van der Waals surface area contributed by atoms with E-state index in [0.717, 1.165) is 23.9 Å². The van der Waals surface area contributed by atoms with Crippen LogP contribution < -0.4 is 0 Å². The fourth-order valence-electron chi connectivity index (χ4n) is 6.14. The number of imidazole rings is 1. The third-order valence-electron chi connectivity index (χ3n) is 7.60. The molecule has 0 spiro atoms. The maximum absolute atomic E-state index is 4.64. The van der Waals surface area contributed by atoms with E-state index in [-0.39, 0.29) is 5.41 Å². The van der Waals surface area contributed by atoms with E-state index >= 15 is 0 Å². The molecule has 156 valence electrons. The van der Waals surface area contributed by atoms with Crippen LogP contribution in [0.5, 0.6) is 0 Å². The van der Waals surface area contributed by atoms with Crippen molar-refractivity contribution in [1.29, 1.82) is 0 Å².